The molecular weight excluding hydrogens is 372 g/mol. The van der Waals surface area contributed by atoms with E-state index in [0.717, 1.165) is 49.1 Å². The smallest absolute Gasteiger partial charge is 0.235 e. The third-order valence-corrected chi connectivity index (χ3v) is 5.64. The molecule has 0 aliphatic carbocycles. The second-order valence-corrected chi connectivity index (χ2v) is 7.56. The molecular formula is C25H22N4O. The van der Waals surface area contributed by atoms with Crippen molar-refractivity contribution in [3.63, 3.8) is 0 Å². The van der Waals surface area contributed by atoms with Gasteiger partial charge in [0.2, 0.25) is 17.5 Å². The first-order chi connectivity index (χ1) is 14.8. The average molecular weight is 394 g/mol. The molecule has 1 aliphatic heterocycles. The minimum atomic E-state index is 0.356. The van der Waals surface area contributed by atoms with Gasteiger partial charge in [0.15, 0.2) is 0 Å². The van der Waals surface area contributed by atoms with Crippen molar-refractivity contribution in [1.29, 1.82) is 5.26 Å². The number of nitriles is 1. The van der Waals surface area contributed by atoms with Gasteiger partial charge in [-0.2, -0.15) is 10.2 Å². The van der Waals surface area contributed by atoms with Gasteiger partial charge in [-0.3, -0.25) is 4.90 Å². The van der Waals surface area contributed by atoms with Gasteiger partial charge in [-0.1, -0.05) is 66.7 Å². The highest BCUT2D eigenvalue weighted by Gasteiger charge is 2.25. The lowest BCUT2D eigenvalue weighted by Crippen LogP contribution is -2.46. The zero-order valence-corrected chi connectivity index (χ0v) is 16.7. The van der Waals surface area contributed by atoms with Gasteiger partial charge >= 0.3 is 0 Å². The molecule has 1 saturated heterocycles. The van der Waals surface area contributed by atoms with Crippen LogP contribution in [0.2, 0.25) is 0 Å². The number of aromatic nitrogens is 1. The van der Waals surface area contributed by atoms with E-state index in [2.05, 4.69) is 63.3 Å². The lowest BCUT2D eigenvalue weighted by atomic mass is 10.0. The monoisotopic (exact) mass is 394 g/mol. The molecule has 5 heteroatoms. The van der Waals surface area contributed by atoms with E-state index >= 15 is 0 Å². The molecule has 0 saturated carbocycles. The maximum Gasteiger partial charge on any atom is 0.235 e. The molecule has 1 aliphatic rings. The van der Waals surface area contributed by atoms with Gasteiger partial charge in [-0.15, -0.1) is 0 Å². The topological polar surface area (TPSA) is 56.3 Å². The first-order valence-corrected chi connectivity index (χ1v) is 10.2. The molecule has 1 fully saturated rings. The zero-order valence-electron chi connectivity index (χ0n) is 16.7. The van der Waals surface area contributed by atoms with Gasteiger partial charge in [-0.05, 0) is 22.4 Å². The Morgan fingerprint density at radius 2 is 1.60 bits per heavy atom. The highest BCUT2D eigenvalue weighted by Crippen LogP contribution is 2.33. The van der Waals surface area contributed by atoms with E-state index in [4.69, 9.17) is 4.42 Å². The van der Waals surface area contributed by atoms with Crippen LogP contribution in [0.1, 0.15) is 11.3 Å². The lowest BCUT2D eigenvalue weighted by molar-refractivity contribution is 0.246. The summed E-state index contributed by atoms with van der Waals surface area (Å²) in [4.78, 5) is 9.10. The molecule has 5 rings (SSSR count). The van der Waals surface area contributed by atoms with E-state index in [1.54, 1.807) is 0 Å². The van der Waals surface area contributed by atoms with Crippen LogP contribution in [0.25, 0.3) is 22.2 Å². The molecule has 2 heterocycles. The first-order valence-electron chi connectivity index (χ1n) is 10.2. The maximum atomic E-state index is 9.66. The van der Waals surface area contributed by atoms with E-state index in [0.29, 0.717) is 17.5 Å². The van der Waals surface area contributed by atoms with Gasteiger partial charge in [0.1, 0.15) is 6.07 Å². The minimum Gasteiger partial charge on any atom is -0.419 e. The predicted molar refractivity (Wildman–Crippen MR) is 118 cm³/mol. The highest BCUT2D eigenvalue weighted by molar-refractivity contribution is 5.94. The molecule has 148 valence electrons. The lowest BCUT2D eigenvalue weighted by Gasteiger charge is -2.34. The predicted octanol–water partition coefficient (Wildman–Crippen LogP) is 4.69. The van der Waals surface area contributed by atoms with Crippen molar-refractivity contribution in [1.82, 2.24) is 9.88 Å². The third-order valence-electron chi connectivity index (χ3n) is 5.64. The van der Waals surface area contributed by atoms with Gasteiger partial charge < -0.3 is 9.32 Å². The Balaban J connectivity index is 1.37. The summed E-state index contributed by atoms with van der Waals surface area (Å²) < 4.78 is 6.17. The first kappa shape index (κ1) is 18.4. The fraction of sp³-hybridized carbons (Fsp3) is 0.200. The minimum absolute atomic E-state index is 0.356. The fourth-order valence-corrected chi connectivity index (χ4v) is 4.08. The Morgan fingerprint density at radius 3 is 2.40 bits per heavy atom. The van der Waals surface area contributed by atoms with Crippen LogP contribution >= 0.6 is 0 Å². The Kier molecular flexibility index (Phi) is 4.92. The van der Waals surface area contributed by atoms with Crippen molar-refractivity contribution in [2.75, 3.05) is 31.1 Å². The zero-order chi connectivity index (χ0) is 20.3. The van der Waals surface area contributed by atoms with Crippen molar-refractivity contribution in [2.45, 2.75) is 6.54 Å². The molecule has 0 radical (unpaired) electrons. The standard InChI is InChI=1S/C25H22N4O/c26-17-23-25(29-15-13-28(14-16-29)18-19-7-2-1-3-8-19)30-24(27-23)22-12-6-10-20-9-4-5-11-21(20)22/h1-12H,13-16,18H2. The largest absolute Gasteiger partial charge is 0.419 e. The van der Waals surface area contributed by atoms with E-state index in [1.807, 2.05) is 30.3 Å². The van der Waals surface area contributed by atoms with Crippen molar-refractivity contribution < 1.29 is 4.42 Å². The number of anilines is 1. The second kappa shape index (κ2) is 8.02. The van der Waals surface area contributed by atoms with Crippen LogP contribution in [0.3, 0.4) is 0 Å². The summed E-state index contributed by atoms with van der Waals surface area (Å²) in [6, 6.07) is 27.0. The van der Waals surface area contributed by atoms with Crippen LogP contribution in [0.4, 0.5) is 5.88 Å². The number of nitrogens with zero attached hydrogens (tertiary/aromatic N) is 4. The average Bonchev–Trinajstić information content (AvgIpc) is 3.24. The molecule has 0 unspecified atom stereocenters. The molecule has 0 bridgehead atoms. The normalized spacial score (nSPS) is 14.7. The molecule has 0 spiro atoms. The second-order valence-electron chi connectivity index (χ2n) is 7.56. The van der Waals surface area contributed by atoms with E-state index in [1.165, 1.54) is 5.56 Å². The molecule has 30 heavy (non-hydrogen) atoms. The Labute approximate surface area is 175 Å². The maximum absolute atomic E-state index is 9.66. The summed E-state index contributed by atoms with van der Waals surface area (Å²) in [5.41, 5.74) is 2.59. The fourth-order valence-electron chi connectivity index (χ4n) is 4.08. The van der Waals surface area contributed by atoms with Crippen LogP contribution in [0.5, 0.6) is 0 Å². The van der Waals surface area contributed by atoms with Crippen LogP contribution in [-0.4, -0.2) is 36.1 Å². The molecule has 0 amide bonds. The van der Waals surface area contributed by atoms with Gasteiger partial charge in [0.05, 0.1) is 0 Å². The van der Waals surface area contributed by atoms with Crippen LogP contribution in [-0.2, 0) is 6.54 Å². The number of rotatable bonds is 4. The van der Waals surface area contributed by atoms with Crippen molar-refractivity contribution in [2.24, 2.45) is 0 Å². The Bertz CT molecular complexity index is 1200. The highest BCUT2D eigenvalue weighted by atomic mass is 16.4. The van der Waals surface area contributed by atoms with Crippen molar-refractivity contribution in [3.05, 3.63) is 84.1 Å². The summed E-state index contributed by atoms with van der Waals surface area (Å²) in [5, 5.41) is 11.9. The number of fused-ring (bicyclic) bond motifs is 1. The van der Waals surface area contributed by atoms with Gasteiger partial charge in [-0.25, -0.2) is 0 Å². The molecule has 1 aromatic heterocycles. The molecule has 4 aromatic rings. The molecule has 3 aromatic carbocycles. The Hall–Kier alpha value is -3.62. The molecule has 0 N–H and O–H groups in total. The van der Waals surface area contributed by atoms with Gasteiger partial charge in [0.25, 0.3) is 0 Å². The third kappa shape index (κ3) is 3.54. The number of piperazine rings is 1. The van der Waals surface area contributed by atoms with E-state index in [9.17, 15) is 5.26 Å². The number of hydrogen-bond donors (Lipinski definition) is 0. The summed E-state index contributed by atoms with van der Waals surface area (Å²) >= 11 is 0. The van der Waals surface area contributed by atoms with Crippen LogP contribution < -0.4 is 4.90 Å². The summed E-state index contributed by atoms with van der Waals surface area (Å²) in [7, 11) is 0. The van der Waals surface area contributed by atoms with Crippen molar-refractivity contribution >= 4 is 16.7 Å². The van der Waals surface area contributed by atoms with Crippen LogP contribution in [0.15, 0.2) is 77.2 Å². The van der Waals surface area contributed by atoms with Gasteiger partial charge in [0, 0.05) is 38.3 Å². The number of hydrogen-bond acceptors (Lipinski definition) is 5. The molecule has 0 atom stereocenters. The summed E-state index contributed by atoms with van der Waals surface area (Å²) in [6.07, 6.45) is 0. The quantitative estimate of drug-likeness (QED) is 0.503. The van der Waals surface area contributed by atoms with E-state index < -0.39 is 0 Å². The summed E-state index contributed by atoms with van der Waals surface area (Å²) in [6.45, 7) is 4.41. The number of benzene rings is 3. The van der Waals surface area contributed by atoms with Crippen molar-refractivity contribution in [3.8, 4) is 17.5 Å². The number of oxazole rings is 1. The molecule has 5 nitrogen and oxygen atoms in total. The SMILES string of the molecule is N#Cc1nc(-c2cccc3ccccc23)oc1N1CCN(Cc2ccccc2)CC1. The summed E-state index contributed by atoms with van der Waals surface area (Å²) in [5.74, 6) is 1.09. The van der Waals surface area contributed by atoms with E-state index in [-0.39, 0.29) is 0 Å². The van der Waals surface area contributed by atoms with Crippen LogP contribution in [0, 0.1) is 11.3 Å². The Morgan fingerprint density at radius 1 is 0.867 bits per heavy atom.